The molecule has 0 fully saturated rings. The van der Waals surface area contributed by atoms with Gasteiger partial charge in [0, 0.05) is 38.1 Å². The van der Waals surface area contributed by atoms with Crippen LogP contribution in [0, 0.1) is 0 Å². The van der Waals surface area contributed by atoms with Crippen LogP contribution < -0.4 is 5.32 Å². The van der Waals surface area contributed by atoms with E-state index in [2.05, 4.69) is 15.4 Å². The summed E-state index contributed by atoms with van der Waals surface area (Å²) in [7, 11) is 3.43. The van der Waals surface area contributed by atoms with E-state index in [4.69, 9.17) is 4.74 Å². The lowest BCUT2D eigenvalue weighted by atomic mass is 10.2. The first-order chi connectivity index (χ1) is 10.2. The quantitative estimate of drug-likeness (QED) is 0.770. The van der Waals surface area contributed by atoms with Crippen molar-refractivity contribution in [3.8, 4) is 0 Å². The molecule has 0 radical (unpaired) electrons. The average Bonchev–Trinajstić information content (AvgIpc) is 3.12. The third-order valence-corrected chi connectivity index (χ3v) is 3.95. The van der Waals surface area contributed by atoms with Crippen molar-refractivity contribution in [2.24, 2.45) is 7.05 Å². The molecule has 0 saturated carbocycles. The molecule has 110 valence electrons. The monoisotopic (exact) mass is 305 g/mol. The summed E-state index contributed by atoms with van der Waals surface area (Å²) in [5.74, 6) is -0.228. The van der Waals surface area contributed by atoms with Crippen LogP contribution in [-0.4, -0.2) is 38.8 Å². The number of ether oxygens (including phenoxy) is 1. The number of amides is 1. The average molecular weight is 305 g/mol. The SMILES string of the molecule is COC[C@@H](NC(=O)c1cn2ccsc2n1)c1ccnn1C. The lowest BCUT2D eigenvalue weighted by Gasteiger charge is -2.17. The van der Waals surface area contributed by atoms with Gasteiger partial charge in [0.15, 0.2) is 4.96 Å². The van der Waals surface area contributed by atoms with Crippen molar-refractivity contribution < 1.29 is 9.53 Å². The van der Waals surface area contributed by atoms with Gasteiger partial charge in [-0.2, -0.15) is 5.10 Å². The van der Waals surface area contributed by atoms with Gasteiger partial charge in [-0.1, -0.05) is 0 Å². The minimum atomic E-state index is -0.269. The number of carbonyl (C=O) groups excluding carboxylic acids is 1. The van der Waals surface area contributed by atoms with Crippen molar-refractivity contribution >= 4 is 22.2 Å². The summed E-state index contributed by atoms with van der Waals surface area (Å²) in [5.41, 5.74) is 1.27. The molecule has 0 aliphatic carbocycles. The first kappa shape index (κ1) is 13.8. The van der Waals surface area contributed by atoms with E-state index in [-0.39, 0.29) is 11.9 Å². The van der Waals surface area contributed by atoms with E-state index >= 15 is 0 Å². The highest BCUT2D eigenvalue weighted by Gasteiger charge is 2.20. The van der Waals surface area contributed by atoms with Crippen molar-refractivity contribution in [2.45, 2.75) is 6.04 Å². The Balaban J connectivity index is 1.80. The molecule has 21 heavy (non-hydrogen) atoms. The van der Waals surface area contributed by atoms with Crippen molar-refractivity contribution in [1.82, 2.24) is 24.5 Å². The van der Waals surface area contributed by atoms with E-state index in [1.165, 1.54) is 11.3 Å². The fourth-order valence-electron chi connectivity index (χ4n) is 2.16. The van der Waals surface area contributed by atoms with Gasteiger partial charge in [-0.05, 0) is 6.07 Å². The molecule has 0 bridgehead atoms. The Morgan fingerprint density at radius 3 is 3.10 bits per heavy atom. The number of rotatable bonds is 5. The zero-order valence-corrected chi connectivity index (χ0v) is 12.5. The van der Waals surface area contributed by atoms with Gasteiger partial charge in [0.1, 0.15) is 5.69 Å². The Hall–Kier alpha value is -2.19. The molecule has 3 heterocycles. The van der Waals surface area contributed by atoms with Gasteiger partial charge in [0.05, 0.1) is 18.3 Å². The largest absolute Gasteiger partial charge is 0.382 e. The minimum absolute atomic E-state index is 0.228. The summed E-state index contributed by atoms with van der Waals surface area (Å²) < 4.78 is 8.73. The Labute approximate surface area is 125 Å². The summed E-state index contributed by atoms with van der Waals surface area (Å²) in [4.78, 5) is 17.4. The number of hydrogen-bond acceptors (Lipinski definition) is 5. The second kappa shape index (κ2) is 5.66. The molecular weight excluding hydrogens is 290 g/mol. The van der Waals surface area contributed by atoms with Crippen LogP contribution in [0.3, 0.4) is 0 Å². The van der Waals surface area contributed by atoms with Gasteiger partial charge in [-0.25, -0.2) is 4.98 Å². The highest BCUT2D eigenvalue weighted by molar-refractivity contribution is 7.15. The van der Waals surface area contributed by atoms with Gasteiger partial charge in [0.2, 0.25) is 0 Å². The van der Waals surface area contributed by atoms with Crippen LogP contribution >= 0.6 is 11.3 Å². The van der Waals surface area contributed by atoms with Crippen LogP contribution in [0.1, 0.15) is 22.2 Å². The molecule has 0 saturated heterocycles. The Kier molecular flexibility index (Phi) is 3.72. The summed E-state index contributed by atoms with van der Waals surface area (Å²) in [6, 6.07) is 1.59. The Bertz CT molecular complexity index is 731. The molecule has 3 rings (SSSR count). The van der Waals surface area contributed by atoms with Gasteiger partial charge >= 0.3 is 0 Å². The fourth-order valence-corrected chi connectivity index (χ4v) is 2.86. The van der Waals surface area contributed by atoms with Crippen molar-refractivity contribution in [2.75, 3.05) is 13.7 Å². The summed E-state index contributed by atoms with van der Waals surface area (Å²) in [5, 5.41) is 8.97. The van der Waals surface area contributed by atoms with Crippen LogP contribution in [0.15, 0.2) is 30.0 Å². The van der Waals surface area contributed by atoms with Crippen LogP contribution in [0.4, 0.5) is 0 Å². The van der Waals surface area contributed by atoms with E-state index < -0.39 is 0 Å². The summed E-state index contributed by atoms with van der Waals surface area (Å²) >= 11 is 1.49. The van der Waals surface area contributed by atoms with Gasteiger partial charge in [-0.3, -0.25) is 13.9 Å². The number of imidazole rings is 1. The zero-order valence-electron chi connectivity index (χ0n) is 11.7. The fraction of sp³-hybridized carbons (Fsp3) is 0.308. The van der Waals surface area contributed by atoms with Gasteiger partial charge in [-0.15, -0.1) is 11.3 Å². The van der Waals surface area contributed by atoms with Crippen LogP contribution in [0.25, 0.3) is 4.96 Å². The molecule has 3 aromatic rings. The van der Waals surface area contributed by atoms with Crippen molar-refractivity contribution in [3.63, 3.8) is 0 Å². The number of fused-ring (bicyclic) bond motifs is 1. The molecule has 1 N–H and O–H groups in total. The number of nitrogens with zero attached hydrogens (tertiary/aromatic N) is 4. The summed E-state index contributed by atoms with van der Waals surface area (Å²) in [6.07, 6.45) is 5.28. The van der Waals surface area contributed by atoms with Crippen LogP contribution in [0.5, 0.6) is 0 Å². The zero-order chi connectivity index (χ0) is 14.8. The van der Waals surface area contributed by atoms with E-state index in [0.717, 1.165) is 10.7 Å². The van der Waals surface area contributed by atoms with Gasteiger partial charge < -0.3 is 10.1 Å². The number of carbonyl (C=O) groups is 1. The predicted molar refractivity (Wildman–Crippen MR) is 78.4 cm³/mol. The molecule has 8 heteroatoms. The van der Waals surface area contributed by atoms with Crippen LogP contribution in [0.2, 0.25) is 0 Å². The second-order valence-corrected chi connectivity index (χ2v) is 5.45. The lowest BCUT2D eigenvalue weighted by Crippen LogP contribution is -2.32. The van der Waals surface area contributed by atoms with E-state index in [1.54, 1.807) is 24.2 Å². The maximum Gasteiger partial charge on any atom is 0.272 e. The number of methoxy groups -OCH3 is 1. The van der Waals surface area contributed by atoms with E-state index in [9.17, 15) is 4.79 Å². The number of aromatic nitrogens is 4. The number of thiazole rings is 1. The number of nitrogens with one attached hydrogen (secondary N) is 1. The molecule has 0 aliphatic rings. The smallest absolute Gasteiger partial charge is 0.272 e. The molecular formula is C13H15N5O2S. The standard InChI is InChI=1S/C13H15N5O2S/c1-17-11(3-4-14-17)10(8-20-2)15-12(19)9-7-18-5-6-21-13(18)16-9/h3-7,10H,8H2,1-2H3,(H,15,19)/t10-/m1/s1. The topological polar surface area (TPSA) is 73.4 Å². The predicted octanol–water partition coefficient (Wildman–Crippen LogP) is 1.25. The normalized spacial score (nSPS) is 12.7. The van der Waals surface area contributed by atoms with Crippen molar-refractivity contribution in [3.05, 3.63) is 41.4 Å². The molecule has 0 aliphatic heterocycles. The highest BCUT2D eigenvalue weighted by Crippen LogP contribution is 2.15. The van der Waals surface area contributed by atoms with E-state index in [0.29, 0.717) is 12.3 Å². The maximum absolute atomic E-state index is 12.3. The van der Waals surface area contributed by atoms with Crippen molar-refractivity contribution in [1.29, 1.82) is 0 Å². The minimum Gasteiger partial charge on any atom is -0.382 e. The van der Waals surface area contributed by atoms with Crippen LogP contribution in [-0.2, 0) is 11.8 Å². The molecule has 0 aromatic carbocycles. The first-order valence-electron chi connectivity index (χ1n) is 6.39. The number of aryl methyl sites for hydroxylation is 1. The highest BCUT2D eigenvalue weighted by atomic mass is 32.1. The first-order valence-corrected chi connectivity index (χ1v) is 7.27. The number of hydrogen-bond donors (Lipinski definition) is 1. The molecule has 3 aromatic heterocycles. The maximum atomic E-state index is 12.3. The lowest BCUT2D eigenvalue weighted by molar-refractivity contribution is 0.0888. The summed E-state index contributed by atoms with van der Waals surface area (Å²) in [6.45, 7) is 0.369. The second-order valence-electron chi connectivity index (χ2n) is 4.58. The molecule has 0 spiro atoms. The van der Waals surface area contributed by atoms with Gasteiger partial charge in [0.25, 0.3) is 5.91 Å². The van der Waals surface area contributed by atoms with E-state index in [1.807, 2.05) is 29.1 Å². The Morgan fingerprint density at radius 2 is 2.43 bits per heavy atom. The Morgan fingerprint density at radius 1 is 1.57 bits per heavy atom. The third kappa shape index (κ3) is 2.67. The molecule has 1 atom stereocenters. The molecule has 0 unspecified atom stereocenters. The third-order valence-electron chi connectivity index (χ3n) is 3.18. The molecule has 7 nitrogen and oxygen atoms in total. The molecule has 1 amide bonds.